The molecule has 0 atom stereocenters. The van der Waals surface area contributed by atoms with Crippen LogP contribution in [0.5, 0.6) is 5.75 Å². The van der Waals surface area contributed by atoms with Crippen LogP contribution in [-0.4, -0.2) is 27.7 Å². The third kappa shape index (κ3) is 5.95. The van der Waals surface area contributed by atoms with Crippen LogP contribution in [-0.2, 0) is 21.2 Å². The van der Waals surface area contributed by atoms with E-state index in [9.17, 15) is 13.2 Å². The van der Waals surface area contributed by atoms with Gasteiger partial charge in [0.1, 0.15) is 5.75 Å². The maximum absolute atomic E-state index is 12.1. The molecule has 0 aliphatic heterocycles. The van der Waals surface area contributed by atoms with Gasteiger partial charge in [0.25, 0.3) is 0 Å². The SMILES string of the molecule is COc1ccc(NC(=O)CCc2ccccc2Cl)cc1NS(C)(=O)=O. The lowest BCUT2D eigenvalue weighted by Gasteiger charge is -2.12. The fraction of sp³-hybridized carbons (Fsp3) is 0.235. The van der Waals surface area contributed by atoms with Crippen LogP contribution < -0.4 is 14.8 Å². The van der Waals surface area contributed by atoms with E-state index in [4.69, 9.17) is 16.3 Å². The van der Waals surface area contributed by atoms with Gasteiger partial charge in [-0.3, -0.25) is 9.52 Å². The third-order valence-electron chi connectivity index (χ3n) is 3.36. The summed E-state index contributed by atoms with van der Waals surface area (Å²) in [6.07, 6.45) is 1.81. The number of hydrogen-bond donors (Lipinski definition) is 2. The Labute approximate surface area is 152 Å². The van der Waals surface area contributed by atoms with Gasteiger partial charge in [-0.15, -0.1) is 0 Å². The number of carbonyl (C=O) groups is 1. The van der Waals surface area contributed by atoms with Crippen molar-refractivity contribution >= 4 is 38.9 Å². The minimum Gasteiger partial charge on any atom is -0.495 e. The van der Waals surface area contributed by atoms with Gasteiger partial charge in [0, 0.05) is 17.1 Å². The molecule has 0 spiro atoms. The van der Waals surface area contributed by atoms with Crippen LogP contribution in [0, 0.1) is 0 Å². The molecule has 0 heterocycles. The lowest BCUT2D eigenvalue weighted by molar-refractivity contribution is -0.116. The second kappa shape index (κ2) is 8.22. The van der Waals surface area contributed by atoms with Gasteiger partial charge in [-0.1, -0.05) is 29.8 Å². The average molecular weight is 383 g/mol. The fourth-order valence-corrected chi connectivity index (χ4v) is 3.03. The van der Waals surface area contributed by atoms with E-state index in [1.807, 2.05) is 18.2 Å². The second-order valence-corrected chi connectivity index (χ2v) is 7.58. The van der Waals surface area contributed by atoms with Crippen molar-refractivity contribution in [1.29, 1.82) is 0 Å². The number of ether oxygens (including phenoxy) is 1. The van der Waals surface area contributed by atoms with Crippen LogP contribution in [0.4, 0.5) is 11.4 Å². The highest BCUT2D eigenvalue weighted by atomic mass is 35.5. The van der Waals surface area contributed by atoms with Crippen molar-refractivity contribution < 1.29 is 17.9 Å². The Morgan fingerprint density at radius 2 is 1.92 bits per heavy atom. The molecule has 2 aromatic carbocycles. The smallest absolute Gasteiger partial charge is 0.229 e. The Morgan fingerprint density at radius 1 is 1.20 bits per heavy atom. The number of carbonyl (C=O) groups excluding carboxylic acids is 1. The van der Waals surface area contributed by atoms with E-state index in [1.54, 1.807) is 18.2 Å². The molecule has 2 N–H and O–H groups in total. The number of rotatable bonds is 7. The van der Waals surface area contributed by atoms with Crippen molar-refractivity contribution in [3.05, 3.63) is 53.1 Å². The summed E-state index contributed by atoms with van der Waals surface area (Å²) in [7, 11) is -2.03. The number of halogens is 1. The van der Waals surface area contributed by atoms with Crippen molar-refractivity contribution in [3.63, 3.8) is 0 Å². The van der Waals surface area contributed by atoms with Crippen molar-refractivity contribution in [1.82, 2.24) is 0 Å². The van der Waals surface area contributed by atoms with E-state index in [1.165, 1.54) is 13.2 Å². The lowest BCUT2D eigenvalue weighted by atomic mass is 10.1. The first-order chi connectivity index (χ1) is 11.8. The fourth-order valence-electron chi connectivity index (χ4n) is 2.24. The molecule has 6 nitrogen and oxygen atoms in total. The summed E-state index contributed by atoms with van der Waals surface area (Å²) >= 11 is 6.07. The van der Waals surface area contributed by atoms with E-state index >= 15 is 0 Å². The van der Waals surface area contributed by atoms with Gasteiger partial charge in [-0.05, 0) is 36.2 Å². The first-order valence-electron chi connectivity index (χ1n) is 7.47. The number of sulfonamides is 1. The van der Waals surface area contributed by atoms with Crippen LogP contribution in [0.2, 0.25) is 5.02 Å². The minimum absolute atomic E-state index is 0.199. The molecule has 134 valence electrons. The third-order valence-corrected chi connectivity index (χ3v) is 4.32. The van der Waals surface area contributed by atoms with E-state index in [-0.39, 0.29) is 18.0 Å². The largest absolute Gasteiger partial charge is 0.495 e. The van der Waals surface area contributed by atoms with Crippen LogP contribution in [0.15, 0.2) is 42.5 Å². The van der Waals surface area contributed by atoms with Crippen LogP contribution >= 0.6 is 11.6 Å². The van der Waals surface area contributed by atoms with Gasteiger partial charge in [0.05, 0.1) is 19.1 Å². The highest BCUT2D eigenvalue weighted by Gasteiger charge is 2.11. The van der Waals surface area contributed by atoms with Crippen molar-refractivity contribution in [3.8, 4) is 5.75 Å². The summed E-state index contributed by atoms with van der Waals surface area (Å²) in [4.78, 5) is 12.1. The summed E-state index contributed by atoms with van der Waals surface area (Å²) in [5.41, 5.74) is 1.62. The normalized spacial score (nSPS) is 11.0. The molecule has 0 fully saturated rings. The Balaban J connectivity index is 2.05. The predicted molar refractivity (Wildman–Crippen MR) is 99.9 cm³/mol. The summed E-state index contributed by atoms with van der Waals surface area (Å²) < 4.78 is 30.3. The molecule has 0 aliphatic carbocycles. The maximum atomic E-state index is 12.1. The Morgan fingerprint density at radius 3 is 2.56 bits per heavy atom. The minimum atomic E-state index is -3.46. The van der Waals surface area contributed by atoms with Gasteiger partial charge < -0.3 is 10.1 Å². The molecular formula is C17H19ClN2O4S. The van der Waals surface area contributed by atoms with Crippen LogP contribution in [0.3, 0.4) is 0 Å². The summed E-state index contributed by atoms with van der Waals surface area (Å²) in [5, 5.41) is 3.36. The van der Waals surface area contributed by atoms with E-state index in [0.29, 0.717) is 22.9 Å². The Hall–Kier alpha value is -2.25. The van der Waals surface area contributed by atoms with E-state index < -0.39 is 10.0 Å². The highest BCUT2D eigenvalue weighted by Crippen LogP contribution is 2.28. The number of methoxy groups -OCH3 is 1. The number of anilines is 2. The molecule has 0 aromatic heterocycles. The molecule has 1 amide bonds. The summed E-state index contributed by atoms with van der Waals surface area (Å²) in [6, 6.07) is 12.1. The van der Waals surface area contributed by atoms with Gasteiger partial charge in [-0.2, -0.15) is 0 Å². The van der Waals surface area contributed by atoms with Crippen molar-refractivity contribution in [2.45, 2.75) is 12.8 Å². The average Bonchev–Trinajstić information content (AvgIpc) is 2.53. The standard InChI is InChI=1S/C17H19ClN2O4S/c1-24-16-9-8-13(11-15(16)20-25(2,22)23)19-17(21)10-7-12-5-3-4-6-14(12)18/h3-6,8-9,11,20H,7,10H2,1-2H3,(H,19,21). The topological polar surface area (TPSA) is 84.5 Å². The molecule has 2 rings (SSSR count). The van der Waals surface area contributed by atoms with E-state index in [2.05, 4.69) is 10.0 Å². The monoisotopic (exact) mass is 382 g/mol. The number of amides is 1. The molecule has 8 heteroatoms. The predicted octanol–water partition coefficient (Wildman–Crippen LogP) is 3.29. The van der Waals surface area contributed by atoms with Gasteiger partial charge >= 0.3 is 0 Å². The first-order valence-corrected chi connectivity index (χ1v) is 9.74. The number of aryl methyl sites for hydroxylation is 1. The number of hydrogen-bond acceptors (Lipinski definition) is 4. The zero-order valence-electron chi connectivity index (χ0n) is 13.9. The van der Waals surface area contributed by atoms with Gasteiger partial charge in [0.2, 0.25) is 15.9 Å². The Kier molecular flexibility index (Phi) is 6.27. The molecule has 0 bridgehead atoms. The van der Waals surface area contributed by atoms with Crippen molar-refractivity contribution in [2.75, 3.05) is 23.4 Å². The van der Waals surface area contributed by atoms with E-state index in [0.717, 1.165) is 11.8 Å². The van der Waals surface area contributed by atoms with Gasteiger partial charge in [-0.25, -0.2) is 8.42 Å². The first kappa shape index (κ1) is 19.1. The zero-order valence-corrected chi connectivity index (χ0v) is 15.4. The molecule has 0 radical (unpaired) electrons. The van der Waals surface area contributed by atoms with Gasteiger partial charge in [0.15, 0.2) is 0 Å². The molecule has 0 saturated carbocycles. The quantitative estimate of drug-likeness (QED) is 0.769. The molecule has 25 heavy (non-hydrogen) atoms. The molecular weight excluding hydrogens is 364 g/mol. The highest BCUT2D eigenvalue weighted by molar-refractivity contribution is 7.92. The second-order valence-electron chi connectivity index (χ2n) is 5.43. The maximum Gasteiger partial charge on any atom is 0.229 e. The number of benzene rings is 2. The molecule has 0 unspecified atom stereocenters. The molecule has 0 aliphatic rings. The molecule has 2 aromatic rings. The van der Waals surface area contributed by atoms with Crippen molar-refractivity contribution in [2.24, 2.45) is 0 Å². The molecule has 0 saturated heterocycles. The Bertz CT molecular complexity index is 869. The zero-order chi connectivity index (χ0) is 18.4. The van der Waals surface area contributed by atoms with Crippen LogP contribution in [0.1, 0.15) is 12.0 Å². The summed E-state index contributed by atoms with van der Waals surface area (Å²) in [5.74, 6) is 0.162. The van der Waals surface area contributed by atoms with Crippen LogP contribution in [0.25, 0.3) is 0 Å². The lowest BCUT2D eigenvalue weighted by Crippen LogP contribution is -2.14. The number of nitrogens with one attached hydrogen (secondary N) is 2. The summed E-state index contributed by atoms with van der Waals surface area (Å²) in [6.45, 7) is 0.